The summed E-state index contributed by atoms with van der Waals surface area (Å²) in [5.41, 5.74) is 0.0321. The van der Waals surface area contributed by atoms with Gasteiger partial charge in [-0.15, -0.1) is 0 Å². The number of hydrogen-bond donors (Lipinski definition) is 2. The molecule has 0 saturated carbocycles. The largest absolute Gasteiger partial charge is 0.370 e. The molecule has 0 spiro atoms. The van der Waals surface area contributed by atoms with Crippen LogP contribution in [0.3, 0.4) is 0 Å². The van der Waals surface area contributed by atoms with Crippen molar-refractivity contribution in [3.8, 4) is 0 Å². The van der Waals surface area contributed by atoms with Gasteiger partial charge < -0.3 is 10.6 Å². The number of thioether (sulfide) groups is 1. The van der Waals surface area contributed by atoms with Crippen LogP contribution in [-0.2, 0) is 0 Å². The van der Waals surface area contributed by atoms with Crippen LogP contribution in [0.4, 0.5) is 17.3 Å². The van der Waals surface area contributed by atoms with Crippen molar-refractivity contribution in [1.29, 1.82) is 0 Å². The SMILES string of the molecule is CCNc1ccc([N+](=O)[O-])c(NCC2CCCS2)n1. The van der Waals surface area contributed by atoms with Crippen LogP contribution in [0.5, 0.6) is 0 Å². The lowest BCUT2D eigenvalue weighted by atomic mass is 10.2. The van der Waals surface area contributed by atoms with E-state index < -0.39 is 4.92 Å². The third-order valence-corrected chi connectivity index (χ3v) is 4.35. The van der Waals surface area contributed by atoms with Crippen molar-refractivity contribution >= 4 is 29.1 Å². The van der Waals surface area contributed by atoms with Crippen LogP contribution in [0.15, 0.2) is 12.1 Å². The van der Waals surface area contributed by atoms with E-state index in [9.17, 15) is 10.1 Å². The van der Waals surface area contributed by atoms with Crippen LogP contribution >= 0.6 is 11.8 Å². The number of pyridine rings is 1. The summed E-state index contributed by atoms with van der Waals surface area (Å²) >= 11 is 1.91. The topological polar surface area (TPSA) is 80.1 Å². The van der Waals surface area contributed by atoms with Crippen molar-refractivity contribution in [2.24, 2.45) is 0 Å². The van der Waals surface area contributed by atoms with Crippen molar-refractivity contribution in [2.45, 2.75) is 25.0 Å². The molecule has 0 aliphatic carbocycles. The van der Waals surface area contributed by atoms with Gasteiger partial charge >= 0.3 is 5.69 Å². The predicted octanol–water partition coefficient (Wildman–Crippen LogP) is 2.73. The van der Waals surface area contributed by atoms with Gasteiger partial charge in [-0.3, -0.25) is 10.1 Å². The second kappa shape index (κ2) is 6.60. The van der Waals surface area contributed by atoms with Crippen molar-refractivity contribution in [1.82, 2.24) is 4.98 Å². The van der Waals surface area contributed by atoms with E-state index in [1.807, 2.05) is 18.7 Å². The lowest BCUT2D eigenvalue weighted by molar-refractivity contribution is -0.384. The maximum atomic E-state index is 11.0. The zero-order chi connectivity index (χ0) is 13.7. The van der Waals surface area contributed by atoms with Crippen molar-refractivity contribution in [2.75, 3.05) is 29.5 Å². The Labute approximate surface area is 116 Å². The van der Waals surface area contributed by atoms with Crippen LogP contribution in [0, 0.1) is 10.1 Å². The number of hydrogen-bond acceptors (Lipinski definition) is 6. The maximum absolute atomic E-state index is 11.0. The van der Waals surface area contributed by atoms with Gasteiger partial charge in [-0.25, -0.2) is 4.98 Å². The second-order valence-electron chi connectivity index (χ2n) is 4.37. The Bertz CT molecular complexity index is 449. The lowest BCUT2D eigenvalue weighted by Gasteiger charge is -2.12. The van der Waals surface area contributed by atoms with Gasteiger partial charge in [0.2, 0.25) is 5.82 Å². The third kappa shape index (κ3) is 3.73. The fourth-order valence-electron chi connectivity index (χ4n) is 2.02. The highest BCUT2D eigenvalue weighted by molar-refractivity contribution is 8.00. The first-order valence-corrected chi connectivity index (χ1v) is 7.50. The summed E-state index contributed by atoms with van der Waals surface area (Å²) in [5.74, 6) is 2.20. The molecule has 0 radical (unpaired) electrons. The van der Waals surface area contributed by atoms with Gasteiger partial charge in [0.1, 0.15) is 5.82 Å². The number of nitrogens with one attached hydrogen (secondary N) is 2. The smallest absolute Gasteiger partial charge is 0.311 e. The van der Waals surface area contributed by atoms with Gasteiger partial charge in [0.05, 0.1) is 4.92 Å². The zero-order valence-electron chi connectivity index (χ0n) is 10.9. The molecule has 2 rings (SSSR count). The summed E-state index contributed by atoms with van der Waals surface area (Å²) in [5, 5.41) is 17.7. The average molecular weight is 282 g/mol. The fraction of sp³-hybridized carbons (Fsp3) is 0.583. The zero-order valence-corrected chi connectivity index (χ0v) is 11.7. The molecule has 0 aromatic carbocycles. The Morgan fingerprint density at radius 3 is 3.00 bits per heavy atom. The number of anilines is 2. The first-order valence-electron chi connectivity index (χ1n) is 6.45. The maximum Gasteiger partial charge on any atom is 0.311 e. The second-order valence-corrected chi connectivity index (χ2v) is 5.78. The molecule has 1 aliphatic heterocycles. The first kappa shape index (κ1) is 13.9. The van der Waals surface area contributed by atoms with E-state index in [1.54, 1.807) is 6.07 Å². The fourth-order valence-corrected chi connectivity index (χ4v) is 3.23. The number of rotatable bonds is 6. The molecule has 1 fully saturated rings. The third-order valence-electron chi connectivity index (χ3n) is 2.95. The average Bonchev–Trinajstić information content (AvgIpc) is 2.89. The summed E-state index contributed by atoms with van der Waals surface area (Å²) in [4.78, 5) is 14.9. The number of nitro groups is 1. The highest BCUT2D eigenvalue weighted by Crippen LogP contribution is 2.28. The molecule has 1 aromatic heterocycles. The van der Waals surface area contributed by atoms with Crippen LogP contribution in [0.2, 0.25) is 0 Å². The predicted molar refractivity (Wildman–Crippen MR) is 79.0 cm³/mol. The molecule has 1 aliphatic rings. The molecule has 0 amide bonds. The molecule has 7 heteroatoms. The molecule has 1 atom stereocenters. The molecular formula is C12H18N4O2S. The molecule has 0 bridgehead atoms. The summed E-state index contributed by atoms with van der Waals surface area (Å²) in [7, 11) is 0. The first-order chi connectivity index (χ1) is 9.20. The summed E-state index contributed by atoms with van der Waals surface area (Å²) in [6.45, 7) is 3.43. The van der Waals surface area contributed by atoms with Crippen molar-refractivity contribution in [3.63, 3.8) is 0 Å². The van der Waals surface area contributed by atoms with Crippen molar-refractivity contribution in [3.05, 3.63) is 22.2 Å². The normalized spacial score (nSPS) is 18.3. The monoisotopic (exact) mass is 282 g/mol. The Morgan fingerprint density at radius 2 is 2.37 bits per heavy atom. The van der Waals surface area contributed by atoms with E-state index in [4.69, 9.17) is 0 Å². The highest BCUT2D eigenvalue weighted by atomic mass is 32.2. The molecule has 2 N–H and O–H groups in total. The minimum atomic E-state index is -0.396. The molecule has 2 heterocycles. The Morgan fingerprint density at radius 1 is 1.53 bits per heavy atom. The molecule has 104 valence electrons. The van der Waals surface area contributed by atoms with E-state index in [2.05, 4.69) is 15.6 Å². The van der Waals surface area contributed by atoms with E-state index in [-0.39, 0.29) is 5.69 Å². The van der Waals surface area contributed by atoms with Crippen LogP contribution in [-0.4, -0.2) is 34.0 Å². The van der Waals surface area contributed by atoms with Gasteiger partial charge in [0.25, 0.3) is 0 Å². The van der Waals surface area contributed by atoms with E-state index in [0.29, 0.717) is 16.9 Å². The Kier molecular flexibility index (Phi) is 4.84. The summed E-state index contributed by atoms with van der Waals surface area (Å²) in [6.07, 6.45) is 2.39. The molecule has 1 aromatic rings. The van der Waals surface area contributed by atoms with E-state index >= 15 is 0 Å². The van der Waals surface area contributed by atoms with E-state index in [1.165, 1.54) is 24.7 Å². The van der Waals surface area contributed by atoms with Crippen LogP contribution in [0.1, 0.15) is 19.8 Å². The highest BCUT2D eigenvalue weighted by Gasteiger charge is 2.19. The van der Waals surface area contributed by atoms with E-state index in [0.717, 1.165) is 13.1 Å². The van der Waals surface area contributed by atoms with Gasteiger partial charge in [0, 0.05) is 24.4 Å². The molecule has 1 unspecified atom stereocenters. The van der Waals surface area contributed by atoms with Crippen molar-refractivity contribution < 1.29 is 4.92 Å². The Hall–Kier alpha value is -1.50. The number of aromatic nitrogens is 1. The quantitative estimate of drug-likeness (QED) is 0.617. The molecular weight excluding hydrogens is 264 g/mol. The van der Waals surface area contributed by atoms with Gasteiger partial charge in [-0.2, -0.15) is 11.8 Å². The number of nitrogens with zero attached hydrogens (tertiary/aromatic N) is 2. The van der Waals surface area contributed by atoms with Gasteiger partial charge in [0.15, 0.2) is 0 Å². The summed E-state index contributed by atoms with van der Waals surface area (Å²) in [6, 6.07) is 3.13. The van der Waals surface area contributed by atoms with Gasteiger partial charge in [-0.1, -0.05) is 0 Å². The standard InChI is InChI=1S/C12H18N4O2S/c1-2-13-11-6-5-10(16(17)18)12(15-11)14-8-9-4-3-7-19-9/h5-6,9H,2-4,7-8H2,1H3,(H2,13,14,15). The van der Waals surface area contributed by atoms with Gasteiger partial charge in [-0.05, 0) is 31.6 Å². The molecule has 19 heavy (non-hydrogen) atoms. The van der Waals surface area contributed by atoms with Crippen LogP contribution < -0.4 is 10.6 Å². The molecule has 6 nitrogen and oxygen atoms in total. The van der Waals surface area contributed by atoms with Crippen LogP contribution in [0.25, 0.3) is 0 Å². The summed E-state index contributed by atoms with van der Waals surface area (Å²) < 4.78 is 0. The molecule has 1 saturated heterocycles. The minimum absolute atomic E-state index is 0.0321. The lowest BCUT2D eigenvalue weighted by Crippen LogP contribution is -2.16. The Balaban J connectivity index is 2.09. The minimum Gasteiger partial charge on any atom is -0.370 e.